The van der Waals surface area contributed by atoms with Gasteiger partial charge in [-0.15, -0.1) is 0 Å². The topological polar surface area (TPSA) is 29.3 Å². The molecule has 0 aliphatic carbocycles. The van der Waals surface area contributed by atoms with Crippen LogP contribution in [0.2, 0.25) is 0 Å². The molecular formula is C14H22N2. The van der Waals surface area contributed by atoms with Crippen molar-refractivity contribution in [3.05, 3.63) is 35.4 Å². The van der Waals surface area contributed by atoms with E-state index >= 15 is 0 Å². The van der Waals surface area contributed by atoms with Crippen molar-refractivity contribution in [1.82, 2.24) is 4.90 Å². The highest BCUT2D eigenvalue weighted by Crippen LogP contribution is 2.30. The Labute approximate surface area is 98.4 Å². The van der Waals surface area contributed by atoms with E-state index in [2.05, 4.69) is 43.0 Å². The van der Waals surface area contributed by atoms with E-state index in [1.165, 1.54) is 11.1 Å². The molecule has 2 atom stereocenters. The number of nitrogens with two attached hydrogens (primary N) is 1. The molecule has 88 valence electrons. The lowest BCUT2D eigenvalue weighted by atomic mass is 9.91. The van der Waals surface area contributed by atoms with Gasteiger partial charge >= 0.3 is 0 Å². The minimum absolute atomic E-state index is 0.369. The van der Waals surface area contributed by atoms with E-state index in [-0.39, 0.29) is 0 Å². The maximum absolute atomic E-state index is 6.09. The normalized spacial score (nSPS) is 26.9. The van der Waals surface area contributed by atoms with Crippen molar-refractivity contribution in [2.45, 2.75) is 38.8 Å². The highest BCUT2D eigenvalue weighted by molar-refractivity contribution is 5.25. The number of hydrogen-bond acceptors (Lipinski definition) is 2. The Morgan fingerprint density at radius 1 is 1.44 bits per heavy atom. The summed E-state index contributed by atoms with van der Waals surface area (Å²) < 4.78 is 0. The van der Waals surface area contributed by atoms with E-state index in [0.29, 0.717) is 12.1 Å². The molecule has 0 saturated carbocycles. The second-order valence-electron chi connectivity index (χ2n) is 4.84. The van der Waals surface area contributed by atoms with Crippen LogP contribution in [0, 0.1) is 6.92 Å². The van der Waals surface area contributed by atoms with Crippen molar-refractivity contribution < 1.29 is 0 Å². The van der Waals surface area contributed by atoms with Crippen LogP contribution in [0.4, 0.5) is 0 Å². The summed E-state index contributed by atoms with van der Waals surface area (Å²) in [6, 6.07) is 9.73. The monoisotopic (exact) mass is 218 g/mol. The van der Waals surface area contributed by atoms with Crippen LogP contribution in [-0.4, -0.2) is 24.0 Å². The molecule has 2 heteroatoms. The Balaban J connectivity index is 2.22. The van der Waals surface area contributed by atoms with E-state index < -0.39 is 0 Å². The van der Waals surface area contributed by atoms with Gasteiger partial charge in [0.15, 0.2) is 0 Å². The van der Waals surface area contributed by atoms with Crippen LogP contribution in [0.3, 0.4) is 0 Å². The number of likely N-dealkylation sites (tertiary alicyclic amines) is 1. The van der Waals surface area contributed by atoms with Gasteiger partial charge in [0.05, 0.1) is 0 Å². The zero-order valence-electron chi connectivity index (χ0n) is 10.3. The third-order valence-electron chi connectivity index (χ3n) is 3.59. The maximum Gasteiger partial charge on any atom is 0.0362 e. The molecule has 1 aromatic rings. The number of piperidine rings is 1. The number of aryl methyl sites for hydroxylation is 1. The molecule has 1 aromatic carbocycles. The molecule has 1 aliphatic heterocycles. The summed E-state index contributed by atoms with van der Waals surface area (Å²) >= 11 is 0. The van der Waals surface area contributed by atoms with E-state index in [1.807, 2.05) is 0 Å². The first-order chi connectivity index (χ1) is 7.70. The molecule has 1 aliphatic rings. The van der Waals surface area contributed by atoms with Gasteiger partial charge in [-0.05, 0) is 31.9 Å². The van der Waals surface area contributed by atoms with Gasteiger partial charge in [0.1, 0.15) is 0 Å². The quantitative estimate of drug-likeness (QED) is 0.826. The highest BCUT2D eigenvalue weighted by atomic mass is 15.2. The van der Waals surface area contributed by atoms with Crippen molar-refractivity contribution >= 4 is 0 Å². The Morgan fingerprint density at radius 3 is 2.94 bits per heavy atom. The molecule has 2 unspecified atom stereocenters. The number of benzene rings is 1. The highest BCUT2D eigenvalue weighted by Gasteiger charge is 2.26. The zero-order valence-corrected chi connectivity index (χ0v) is 10.3. The third-order valence-corrected chi connectivity index (χ3v) is 3.59. The van der Waals surface area contributed by atoms with E-state index in [0.717, 1.165) is 25.9 Å². The van der Waals surface area contributed by atoms with Gasteiger partial charge in [-0.2, -0.15) is 0 Å². The lowest BCUT2D eigenvalue weighted by Crippen LogP contribution is -2.41. The first-order valence-electron chi connectivity index (χ1n) is 6.27. The fourth-order valence-electron chi connectivity index (χ4n) is 2.64. The second-order valence-corrected chi connectivity index (χ2v) is 4.84. The lowest BCUT2D eigenvalue weighted by molar-refractivity contribution is 0.143. The Hall–Kier alpha value is -0.860. The standard InChI is InChI=1S/C14H22N2/c1-3-16-8-7-13(15)10-14(16)12-6-4-5-11(2)9-12/h4-6,9,13-14H,3,7-8,10,15H2,1-2H3. The minimum atomic E-state index is 0.369. The molecule has 2 rings (SSSR count). The summed E-state index contributed by atoms with van der Waals surface area (Å²) in [7, 11) is 0. The molecule has 0 amide bonds. The summed E-state index contributed by atoms with van der Waals surface area (Å²) in [6.07, 6.45) is 2.23. The number of hydrogen-bond donors (Lipinski definition) is 1. The third kappa shape index (κ3) is 2.45. The van der Waals surface area contributed by atoms with Crippen LogP contribution in [0.15, 0.2) is 24.3 Å². The lowest BCUT2D eigenvalue weighted by Gasteiger charge is -2.38. The molecule has 0 bridgehead atoms. The molecular weight excluding hydrogens is 196 g/mol. The predicted octanol–water partition coefficient (Wildman–Crippen LogP) is 2.48. The molecule has 2 nitrogen and oxygen atoms in total. The Kier molecular flexibility index (Phi) is 3.62. The van der Waals surface area contributed by atoms with Crippen LogP contribution < -0.4 is 5.73 Å². The average molecular weight is 218 g/mol. The first-order valence-corrected chi connectivity index (χ1v) is 6.27. The van der Waals surface area contributed by atoms with Gasteiger partial charge in [-0.25, -0.2) is 0 Å². The molecule has 1 saturated heterocycles. The van der Waals surface area contributed by atoms with Gasteiger partial charge in [0.25, 0.3) is 0 Å². The van der Waals surface area contributed by atoms with Crippen LogP contribution >= 0.6 is 0 Å². The van der Waals surface area contributed by atoms with Gasteiger partial charge in [0, 0.05) is 18.6 Å². The van der Waals surface area contributed by atoms with Gasteiger partial charge in [-0.3, -0.25) is 4.90 Å². The molecule has 1 fully saturated rings. The largest absolute Gasteiger partial charge is 0.328 e. The summed E-state index contributed by atoms with van der Waals surface area (Å²) in [5, 5.41) is 0. The second kappa shape index (κ2) is 4.98. The van der Waals surface area contributed by atoms with Crippen molar-refractivity contribution in [2.75, 3.05) is 13.1 Å². The van der Waals surface area contributed by atoms with Crippen LogP contribution in [0.1, 0.15) is 36.9 Å². The number of nitrogens with zero attached hydrogens (tertiary/aromatic N) is 1. The summed E-state index contributed by atoms with van der Waals surface area (Å²) in [5.74, 6) is 0. The smallest absolute Gasteiger partial charge is 0.0362 e. The van der Waals surface area contributed by atoms with E-state index in [4.69, 9.17) is 5.73 Å². The summed E-state index contributed by atoms with van der Waals surface area (Å²) in [4.78, 5) is 2.54. The number of rotatable bonds is 2. The first kappa shape index (κ1) is 11.6. The maximum atomic E-state index is 6.09. The fourth-order valence-corrected chi connectivity index (χ4v) is 2.64. The van der Waals surface area contributed by atoms with Crippen LogP contribution in [0.25, 0.3) is 0 Å². The van der Waals surface area contributed by atoms with Crippen molar-refractivity contribution in [2.24, 2.45) is 5.73 Å². The van der Waals surface area contributed by atoms with E-state index in [1.54, 1.807) is 0 Å². The molecule has 0 aromatic heterocycles. The van der Waals surface area contributed by atoms with Crippen molar-refractivity contribution in [3.8, 4) is 0 Å². The Bertz CT molecular complexity index is 348. The molecule has 16 heavy (non-hydrogen) atoms. The van der Waals surface area contributed by atoms with Crippen molar-refractivity contribution in [1.29, 1.82) is 0 Å². The molecule has 1 heterocycles. The van der Waals surface area contributed by atoms with Gasteiger partial charge in [0.2, 0.25) is 0 Å². The van der Waals surface area contributed by atoms with Crippen LogP contribution in [0.5, 0.6) is 0 Å². The minimum Gasteiger partial charge on any atom is -0.328 e. The Morgan fingerprint density at radius 2 is 2.25 bits per heavy atom. The van der Waals surface area contributed by atoms with E-state index in [9.17, 15) is 0 Å². The molecule has 0 radical (unpaired) electrons. The van der Waals surface area contributed by atoms with Gasteiger partial charge < -0.3 is 5.73 Å². The van der Waals surface area contributed by atoms with Crippen molar-refractivity contribution in [3.63, 3.8) is 0 Å². The molecule has 0 spiro atoms. The fraction of sp³-hybridized carbons (Fsp3) is 0.571. The summed E-state index contributed by atoms with van der Waals surface area (Å²) in [5.41, 5.74) is 8.86. The predicted molar refractivity (Wildman–Crippen MR) is 68.4 cm³/mol. The average Bonchev–Trinajstić information content (AvgIpc) is 2.29. The summed E-state index contributed by atoms with van der Waals surface area (Å²) in [6.45, 7) is 6.64. The van der Waals surface area contributed by atoms with Gasteiger partial charge in [-0.1, -0.05) is 36.8 Å². The SMILES string of the molecule is CCN1CCC(N)CC1c1cccc(C)c1. The van der Waals surface area contributed by atoms with Crippen LogP contribution in [-0.2, 0) is 0 Å². The zero-order chi connectivity index (χ0) is 11.5. The molecule has 2 N–H and O–H groups in total.